The van der Waals surface area contributed by atoms with Gasteiger partial charge in [0.05, 0.1) is 10.6 Å². The molecule has 0 atom stereocenters. The van der Waals surface area contributed by atoms with Crippen molar-refractivity contribution < 1.29 is 54.7 Å². The summed E-state index contributed by atoms with van der Waals surface area (Å²) >= 11 is 0. The quantitative estimate of drug-likeness (QED) is 0.145. The van der Waals surface area contributed by atoms with E-state index in [2.05, 4.69) is 4.72 Å². The lowest BCUT2D eigenvalue weighted by Crippen LogP contribution is -2.29. The van der Waals surface area contributed by atoms with Crippen LogP contribution in [-0.2, 0) is 41.6 Å². The first-order valence-electron chi connectivity index (χ1n) is 12.7. The van der Waals surface area contributed by atoms with E-state index >= 15 is 0 Å². The maximum absolute atomic E-state index is 12.4. The van der Waals surface area contributed by atoms with Gasteiger partial charge in [0.15, 0.2) is 0 Å². The molecule has 45 heavy (non-hydrogen) atoms. The topological polar surface area (TPSA) is 245 Å². The number of phenolic OH excluding ortho intramolecular Hbond substituents is 1. The molecule has 4 aromatic carbocycles. The monoisotopic (exact) mass is 679 g/mol. The number of hydrogen-bond donors (Lipinski definition) is 6. The van der Waals surface area contributed by atoms with Gasteiger partial charge < -0.3 is 15.3 Å². The van der Waals surface area contributed by atoms with E-state index in [1.807, 2.05) is 6.07 Å². The number of aromatic hydroxyl groups is 2. The number of nitrogens with zero attached hydrogens (tertiary/aromatic N) is 1. The second-order valence-corrected chi connectivity index (χ2v) is 14.2. The summed E-state index contributed by atoms with van der Waals surface area (Å²) in [6, 6.07) is 18.6. The van der Waals surface area contributed by atoms with Gasteiger partial charge in [0.1, 0.15) is 28.5 Å². The molecule has 1 aliphatic rings. The third kappa shape index (κ3) is 7.67. The average molecular weight is 680 g/mol. The van der Waals surface area contributed by atoms with Crippen molar-refractivity contribution in [2.45, 2.75) is 16.2 Å². The SMILES string of the molecule is O=C1CN(c2ccc(CCNS(=O)(=O)c3ccc(O)c(C(=O)O)c3)cc2O)S(=O)(=O)N1.O=S(=O)(O)c1cccc2ccccc12. The lowest BCUT2D eigenvalue weighted by Gasteiger charge is -2.16. The maximum atomic E-state index is 12.4. The standard InChI is InChI=1S/C17H17N3O9S2.C10H8O3S/c21-14-4-2-11(8-12(14)17(24)25)30(26,27)18-6-5-10-1-3-13(15(22)7-10)20-9-16(23)19-31(20,28)29;11-14(12,13)10-7-3-5-8-4-1-2-6-9(8)10/h1-4,7-8,18,21-22H,5-6,9H2,(H,19,23)(H,24,25);1-7H,(H,11,12,13). The molecule has 15 nitrogen and oxygen atoms in total. The Balaban J connectivity index is 0.000000273. The van der Waals surface area contributed by atoms with Gasteiger partial charge >= 0.3 is 16.2 Å². The molecular weight excluding hydrogens is 655 g/mol. The number of carbonyl (C=O) groups is 2. The van der Waals surface area contributed by atoms with E-state index in [4.69, 9.17) is 9.66 Å². The molecule has 5 rings (SSSR count). The lowest BCUT2D eigenvalue weighted by molar-refractivity contribution is -0.117. The van der Waals surface area contributed by atoms with Gasteiger partial charge in [-0.1, -0.05) is 42.5 Å². The van der Waals surface area contributed by atoms with Gasteiger partial charge in [0, 0.05) is 11.9 Å². The fraction of sp³-hybridized carbons (Fsp3) is 0.111. The highest BCUT2D eigenvalue weighted by Gasteiger charge is 2.35. The first-order chi connectivity index (χ1) is 21.0. The molecule has 0 aliphatic carbocycles. The van der Waals surface area contributed by atoms with Gasteiger partial charge in [0.2, 0.25) is 10.0 Å². The third-order valence-electron chi connectivity index (χ3n) is 6.37. The summed E-state index contributed by atoms with van der Waals surface area (Å²) in [5.74, 6) is -3.20. The number of aromatic carboxylic acids is 1. The molecule has 6 N–H and O–H groups in total. The van der Waals surface area contributed by atoms with E-state index in [0.29, 0.717) is 15.3 Å². The Hall–Kier alpha value is -4.75. The predicted molar refractivity (Wildman–Crippen MR) is 160 cm³/mol. The fourth-order valence-electron chi connectivity index (χ4n) is 4.28. The van der Waals surface area contributed by atoms with Gasteiger partial charge in [0.25, 0.3) is 16.0 Å². The van der Waals surface area contributed by atoms with E-state index in [1.54, 1.807) is 35.1 Å². The van der Waals surface area contributed by atoms with Crippen LogP contribution in [0.2, 0.25) is 0 Å². The lowest BCUT2D eigenvalue weighted by atomic mass is 10.1. The van der Waals surface area contributed by atoms with Gasteiger partial charge in [-0.05, 0) is 53.8 Å². The van der Waals surface area contributed by atoms with Crippen LogP contribution in [0.4, 0.5) is 5.69 Å². The number of sulfonamides is 1. The number of benzene rings is 4. The van der Waals surface area contributed by atoms with E-state index in [9.17, 15) is 45.1 Å². The minimum Gasteiger partial charge on any atom is -0.507 e. The highest BCUT2D eigenvalue weighted by Crippen LogP contribution is 2.31. The van der Waals surface area contributed by atoms with Crippen LogP contribution in [0.15, 0.2) is 88.7 Å². The number of carboxylic acids is 1. The first kappa shape index (κ1) is 33.1. The molecule has 238 valence electrons. The minimum atomic E-state index is -4.13. The zero-order valence-electron chi connectivity index (χ0n) is 22.9. The second kappa shape index (κ2) is 12.7. The van der Waals surface area contributed by atoms with Gasteiger partial charge in [-0.15, -0.1) is 0 Å². The van der Waals surface area contributed by atoms with Crippen molar-refractivity contribution in [1.29, 1.82) is 0 Å². The van der Waals surface area contributed by atoms with Crippen molar-refractivity contribution in [2.75, 3.05) is 17.4 Å². The molecular formula is C27H25N3O12S3. The third-order valence-corrected chi connectivity index (χ3v) is 10.1. The molecule has 0 unspecified atom stereocenters. The molecule has 0 bridgehead atoms. The largest absolute Gasteiger partial charge is 0.507 e. The fourth-order valence-corrected chi connectivity index (χ4v) is 7.22. The maximum Gasteiger partial charge on any atom is 0.339 e. The van der Waals surface area contributed by atoms with E-state index in [0.717, 1.165) is 23.6 Å². The smallest absolute Gasteiger partial charge is 0.339 e. The van der Waals surface area contributed by atoms with Crippen LogP contribution < -0.4 is 13.7 Å². The second-order valence-electron chi connectivity index (χ2n) is 9.44. The summed E-state index contributed by atoms with van der Waals surface area (Å²) < 4.78 is 84.2. The first-order valence-corrected chi connectivity index (χ1v) is 17.0. The highest BCUT2D eigenvalue weighted by molar-refractivity contribution is 7.92. The Morgan fingerprint density at radius 2 is 1.60 bits per heavy atom. The number of phenols is 2. The summed E-state index contributed by atoms with van der Waals surface area (Å²) in [6.45, 7) is -0.591. The minimum absolute atomic E-state index is 0.0457. The van der Waals surface area contributed by atoms with Crippen molar-refractivity contribution in [3.63, 3.8) is 0 Å². The zero-order valence-corrected chi connectivity index (χ0v) is 25.3. The Labute approximate surface area is 257 Å². The summed E-state index contributed by atoms with van der Waals surface area (Å²) in [6.07, 6.45) is 0.112. The number of carboxylic acid groups (broad SMARTS) is 1. The highest BCUT2D eigenvalue weighted by atomic mass is 32.2. The number of hydrogen-bond acceptors (Lipinski definition) is 10. The summed E-state index contributed by atoms with van der Waals surface area (Å²) in [7, 11) is -12.3. The van der Waals surface area contributed by atoms with Crippen LogP contribution in [0.3, 0.4) is 0 Å². The van der Waals surface area contributed by atoms with Crippen LogP contribution in [0.1, 0.15) is 15.9 Å². The molecule has 1 saturated heterocycles. The number of carbonyl (C=O) groups excluding carboxylic acids is 1. The van der Waals surface area contributed by atoms with Crippen molar-refractivity contribution in [1.82, 2.24) is 9.44 Å². The number of anilines is 1. The molecule has 1 aliphatic heterocycles. The molecule has 0 radical (unpaired) electrons. The van der Waals surface area contributed by atoms with Crippen LogP contribution in [0, 0.1) is 0 Å². The molecule has 4 aromatic rings. The number of rotatable bonds is 8. The van der Waals surface area contributed by atoms with Crippen LogP contribution in [0.5, 0.6) is 11.5 Å². The van der Waals surface area contributed by atoms with Crippen LogP contribution >= 0.6 is 0 Å². The molecule has 1 amide bonds. The van der Waals surface area contributed by atoms with Crippen molar-refractivity contribution in [3.8, 4) is 11.5 Å². The van der Waals surface area contributed by atoms with Gasteiger partial charge in [-0.25, -0.2) is 27.0 Å². The summed E-state index contributed by atoms with van der Waals surface area (Å²) in [5, 5.41) is 30.0. The molecule has 1 heterocycles. The van der Waals surface area contributed by atoms with Crippen molar-refractivity contribution in [3.05, 3.63) is 90.0 Å². The average Bonchev–Trinajstić information content (AvgIpc) is 3.23. The zero-order chi connectivity index (χ0) is 33.2. The Kier molecular flexibility index (Phi) is 9.35. The van der Waals surface area contributed by atoms with E-state index in [-0.39, 0.29) is 28.4 Å². The normalized spacial score (nSPS) is 14.4. The van der Waals surface area contributed by atoms with Gasteiger partial charge in [-0.2, -0.15) is 16.8 Å². The predicted octanol–water partition coefficient (Wildman–Crippen LogP) is 1.58. The van der Waals surface area contributed by atoms with Crippen LogP contribution in [-0.4, -0.2) is 70.1 Å². The number of amides is 1. The Morgan fingerprint density at radius 3 is 2.22 bits per heavy atom. The molecule has 0 aromatic heterocycles. The molecule has 0 spiro atoms. The summed E-state index contributed by atoms with van der Waals surface area (Å²) in [5.41, 5.74) is -0.196. The summed E-state index contributed by atoms with van der Waals surface area (Å²) in [4.78, 5) is 22.0. The molecule has 18 heteroatoms. The molecule has 0 saturated carbocycles. The van der Waals surface area contributed by atoms with Gasteiger partial charge in [-0.3, -0.25) is 9.35 Å². The van der Waals surface area contributed by atoms with E-state index < -0.39 is 65.8 Å². The van der Waals surface area contributed by atoms with Crippen molar-refractivity contribution >= 4 is 58.7 Å². The van der Waals surface area contributed by atoms with E-state index in [1.165, 1.54) is 24.3 Å². The Morgan fingerprint density at radius 1 is 0.911 bits per heavy atom. The number of nitrogens with one attached hydrogen (secondary N) is 2. The van der Waals surface area contributed by atoms with Crippen LogP contribution in [0.25, 0.3) is 10.8 Å². The van der Waals surface area contributed by atoms with Crippen molar-refractivity contribution in [2.24, 2.45) is 0 Å². The Bertz CT molecular complexity index is 2130. The molecule has 1 fully saturated rings. The number of fused-ring (bicyclic) bond motifs is 1.